The fourth-order valence-corrected chi connectivity index (χ4v) is 3.73. The maximum absolute atomic E-state index is 12.9. The zero-order valence-electron chi connectivity index (χ0n) is 15.3. The number of hydrogen-bond acceptors (Lipinski definition) is 3. The first kappa shape index (κ1) is 19.8. The molecule has 0 fully saturated rings. The number of aryl methyl sites for hydroxylation is 1. The Balaban J connectivity index is 1.90. The summed E-state index contributed by atoms with van der Waals surface area (Å²) < 4.78 is 16.8. The van der Waals surface area contributed by atoms with E-state index in [-0.39, 0.29) is 5.56 Å². The number of carbonyl (C=O) groups excluding carboxylic acids is 1. The average molecular weight is 409 g/mol. The van der Waals surface area contributed by atoms with Crippen LogP contribution in [0.2, 0.25) is 5.02 Å². The molecule has 0 N–H and O–H groups in total. The Hall–Kier alpha value is -2.94. The van der Waals surface area contributed by atoms with Crippen LogP contribution in [-0.4, -0.2) is 21.4 Å². The van der Waals surface area contributed by atoms with Gasteiger partial charge in [-0.15, -0.1) is 0 Å². The first-order valence-corrected chi connectivity index (χ1v) is 10.7. The van der Waals surface area contributed by atoms with Gasteiger partial charge in [0.15, 0.2) is 0 Å². The zero-order valence-corrected chi connectivity index (χ0v) is 16.9. The number of benzene rings is 2. The van der Waals surface area contributed by atoms with Crippen molar-refractivity contribution in [3.8, 4) is 11.8 Å². The fourth-order valence-electron chi connectivity index (χ4n) is 2.38. The van der Waals surface area contributed by atoms with E-state index in [1.807, 2.05) is 31.2 Å². The molecule has 1 aromatic heterocycles. The van der Waals surface area contributed by atoms with Gasteiger partial charge in [-0.2, -0.15) is 4.36 Å². The molecule has 0 saturated carbocycles. The van der Waals surface area contributed by atoms with E-state index in [0.717, 1.165) is 5.56 Å². The highest BCUT2D eigenvalue weighted by molar-refractivity contribution is 7.93. The average Bonchev–Trinajstić information content (AvgIpc) is 2.67. The van der Waals surface area contributed by atoms with Crippen LogP contribution in [0, 0.1) is 18.8 Å². The van der Waals surface area contributed by atoms with Crippen LogP contribution in [0.25, 0.3) is 0 Å². The van der Waals surface area contributed by atoms with E-state index < -0.39 is 15.6 Å². The number of carbonyl (C=O) groups is 1. The Bertz CT molecular complexity index is 1220. The molecule has 0 aliphatic heterocycles. The van der Waals surface area contributed by atoms with E-state index in [9.17, 15) is 9.00 Å². The summed E-state index contributed by atoms with van der Waals surface area (Å²) in [6.45, 7) is 1.93. The zero-order chi connectivity index (χ0) is 20.1. The van der Waals surface area contributed by atoms with Crippen LogP contribution in [0.15, 0.2) is 76.2 Å². The number of rotatable bonds is 2. The first-order valence-electron chi connectivity index (χ1n) is 8.40. The fraction of sp³-hybridized carbons (Fsp3) is 0.0909. The van der Waals surface area contributed by atoms with Crippen LogP contribution in [0.3, 0.4) is 0 Å². The third-order valence-electron chi connectivity index (χ3n) is 3.92. The molecule has 0 saturated heterocycles. The summed E-state index contributed by atoms with van der Waals surface area (Å²) in [4.78, 5) is 17.1. The first-order chi connectivity index (χ1) is 13.3. The number of pyridine rings is 1. The predicted octanol–water partition coefficient (Wildman–Crippen LogP) is 4.74. The van der Waals surface area contributed by atoms with E-state index in [0.29, 0.717) is 21.0 Å². The van der Waals surface area contributed by atoms with Crippen LogP contribution in [0.1, 0.15) is 27.0 Å². The van der Waals surface area contributed by atoms with Gasteiger partial charge in [-0.25, -0.2) is 4.21 Å². The van der Waals surface area contributed by atoms with Crippen molar-refractivity contribution in [2.75, 3.05) is 6.26 Å². The summed E-state index contributed by atoms with van der Waals surface area (Å²) in [5, 5.41) is 0.550. The van der Waals surface area contributed by atoms with Crippen LogP contribution in [0.5, 0.6) is 0 Å². The Labute approximate surface area is 169 Å². The molecule has 1 heterocycles. The molecule has 0 aliphatic rings. The standard InChI is InChI=1S/C22H17ClN2O2S/c1-16-7-11-20(12-8-16)28(2,27)25-22(26)19-13-17(14-24-15-19)9-10-18-5-3-4-6-21(18)23/h3-8,11-15H,1-2H3. The van der Waals surface area contributed by atoms with Gasteiger partial charge in [0.05, 0.1) is 20.3 Å². The van der Waals surface area contributed by atoms with E-state index in [2.05, 4.69) is 21.2 Å². The summed E-state index contributed by atoms with van der Waals surface area (Å²) in [5.74, 6) is 5.29. The minimum atomic E-state index is -2.85. The second-order valence-corrected chi connectivity index (χ2v) is 8.87. The molecule has 2 aromatic carbocycles. The molecule has 0 radical (unpaired) electrons. The smallest absolute Gasteiger partial charge is 0.266 e. The minimum Gasteiger partial charge on any atom is -0.266 e. The quantitative estimate of drug-likeness (QED) is 0.575. The van der Waals surface area contributed by atoms with Gasteiger partial charge in [0.2, 0.25) is 0 Å². The third-order valence-corrected chi connectivity index (χ3v) is 5.91. The summed E-state index contributed by atoms with van der Waals surface area (Å²) >= 11 is 6.09. The second-order valence-electron chi connectivity index (χ2n) is 6.20. The van der Waals surface area contributed by atoms with Crippen molar-refractivity contribution in [2.45, 2.75) is 11.8 Å². The lowest BCUT2D eigenvalue weighted by Crippen LogP contribution is -2.04. The lowest BCUT2D eigenvalue weighted by Gasteiger charge is -2.04. The Morgan fingerprint density at radius 3 is 2.50 bits per heavy atom. The van der Waals surface area contributed by atoms with Gasteiger partial charge in [-0.05, 0) is 37.3 Å². The summed E-state index contributed by atoms with van der Waals surface area (Å²) in [6, 6.07) is 15.9. The van der Waals surface area contributed by atoms with Crippen molar-refractivity contribution in [3.05, 3.63) is 94.3 Å². The van der Waals surface area contributed by atoms with E-state index >= 15 is 0 Å². The Morgan fingerprint density at radius 2 is 1.79 bits per heavy atom. The monoisotopic (exact) mass is 408 g/mol. The van der Waals surface area contributed by atoms with E-state index in [1.165, 1.54) is 12.5 Å². The molecule has 140 valence electrons. The van der Waals surface area contributed by atoms with Crippen molar-refractivity contribution in [2.24, 2.45) is 4.36 Å². The highest BCUT2D eigenvalue weighted by Gasteiger charge is 2.12. The number of nitrogens with zero attached hydrogens (tertiary/aromatic N) is 2. The highest BCUT2D eigenvalue weighted by atomic mass is 35.5. The lowest BCUT2D eigenvalue weighted by molar-refractivity contribution is 0.100. The molecule has 28 heavy (non-hydrogen) atoms. The van der Waals surface area contributed by atoms with Gasteiger partial charge >= 0.3 is 0 Å². The molecule has 1 amide bonds. The molecule has 4 nitrogen and oxygen atoms in total. The second kappa shape index (κ2) is 8.39. The molecule has 0 aliphatic carbocycles. The maximum atomic E-state index is 12.9. The predicted molar refractivity (Wildman–Crippen MR) is 112 cm³/mol. The van der Waals surface area contributed by atoms with Crippen LogP contribution < -0.4 is 0 Å². The SMILES string of the molecule is Cc1ccc(S(C)(=O)=NC(=O)c2cncc(C#Cc3ccccc3Cl)c2)cc1. The molecule has 0 bridgehead atoms. The molecule has 6 heteroatoms. The van der Waals surface area contributed by atoms with Crippen LogP contribution >= 0.6 is 11.6 Å². The van der Waals surface area contributed by atoms with Crippen molar-refractivity contribution in [3.63, 3.8) is 0 Å². The molecular weight excluding hydrogens is 392 g/mol. The van der Waals surface area contributed by atoms with Crippen LogP contribution in [0.4, 0.5) is 0 Å². The van der Waals surface area contributed by atoms with Gasteiger partial charge in [-0.3, -0.25) is 9.78 Å². The van der Waals surface area contributed by atoms with Crippen molar-refractivity contribution in [1.29, 1.82) is 0 Å². The lowest BCUT2D eigenvalue weighted by atomic mass is 10.1. The summed E-state index contributed by atoms with van der Waals surface area (Å²) in [7, 11) is -2.85. The molecule has 3 aromatic rings. The maximum Gasteiger partial charge on any atom is 0.286 e. The number of aromatic nitrogens is 1. The van der Waals surface area contributed by atoms with Gasteiger partial charge in [0, 0.05) is 34.7 Å². The summed E-state index contributed by atoms with van der Waals surface area (Å²) in [6.07, 6.45) is 4.38. The van der Waals surface area contributed by atoms with Gasteiger partial charge in [0.25, 0.3) is 5.91 Å². The Kier molecular flexibility index (Phi) is 5.93. The topological polar surface area (TPSA) is 59.4 Å². The normalized spacial score (nSPS) is 12.4. The molecule has 1 atom stereocenters. The van der Waals surface area contributed by atoms with E-state index in [1.54, 1.807) is 36.5 Å². The van der Waals surface area contributed by atoms with Gasteiger partial charge in [0.1, 0.15) is 0 Å². The van der Waals surface area contributed by atoms with Crippen molar-refractivity contribution >= 4 is 27.2 Å². The summed E-state index contributed by atoms with van der Waals surface area (Å²) in [5.41, 5.74) is 2.49. The molecule has 3 rings (SSSR count). The number of hydrogen-bond donors (Lipinski definition) is 0. The van der Waals surface area contributed by atoms with Crippen molar-refractivity contribution in [1.82, 2.24) is 4.98 Å². The number of amides is 1. The van der Waals surface area contributed by atoms with Gasteiger partial charge < -0.3 is 0 Å². The van der Waals surface area contributed by atoms with Gasteiger partial charge in [-0.1, -0.05) is 53.3 Å². The largest absolute Gasteiger partial charge is 0.286 e. The third kappa shape index (κ3) is 4.86. The highest BCUT2D eigenvalue weighted by Crippen LogP contribution is 2.15. The molecule has 0 spiro atoms. The minimum absolute atomic E-state index is 0.229. The molecule has 1 unspecified atom stereocenters. The Morgan fingerprint density at radius 1 is 1.07 bits per heavy atom. The number of halogens is 1. The molecular formula is C22H17ClN2O2S. The van der Waals surface area contributed by atoms with E-state index in [4.69, 9.17) is 11.6 Å². The van der Waals surface area contributed by atoms with Crippen molar-refractivity contribution < 1.29 is 9.00 Å². The van der Waals surface area contributed by atoms with Crippen LogP contribution in [-0.2, 0) is 9.73 Å².